The van der Waals surface area contributed by atoms with Crippen LogP contribution in [-0.2, 0) is 4.74 Å². The van der Waals surface area contributed by atoms with Gasteiger partial charge in [0.25, 0.3) is 0 Å². The number of hydrogen-bond acceptors (Lipinski definition) is 5. The lowest BCUT2D eigenvalue weighted by Gasteiger charge is -2.29. The molecule has 1 aromatic carbocycles. The van der Waals surface area contributed by atoms with E-state index in [1.807, 2.05) is 13.1 Å². The third-order valence-corrected chi connectivity index (χ3v) is 8.97. The van der Waals surface area contributed by atoms with Gasteiger partial charge in [0.2, 0.25) is 0 Å². The predicted octanol–water partition coefficient (Wildman–Crippen LogP) is 6.47. The lowest BCUT2D eigenvalue weighted by molar-refractivity contribution is 0.108. The van der Waals surface area contributed by atoms with Crippen molar-refractivity contribution in [3.05, 3.63) is 52.2 Å². The molecular weight excluding hydrogens is 448 g/mol. The van der Waals surface area contributed by atoms with Gasteiger partial charge in [0.15, 0.2) is 0 Å². The van der Waals surface area contributed by atoms with Crippen LogP contribution in [0, 0.1) is 0 Å². The minimum atomic E-state index is -1.21. The summed E-state index contributed by atoms with van der Waals surface area (Å²) in [7, 11) is 2.79. The maximum absolute atomic E-state index is 12.4. The van der Waals surface area contributed by atoms with Crippen LogP contribution >= 0.6 is 11.3 Å². The van der Waals surface area contributed by atoms with Crippen LogP contribution in [0.1, 0.15) is 41.7 Å². The second-order valence-electron chi connectivity index (χ2n) is 10.4. The number of carbonyl (C=O) groups excluding carboxylic acids is 1. The zero-order valence-electron chi connectivity index (χ0n) is 20.9. The fourth-order valence-electron chi connectivity index (χ4n) is 4.04. The Balaban J connectivity index is 1.58. The summed E-state index contributed by atoms with van der Waals surface area (Å²) in [4.78, 5) is 17.7. The SMILES string of the molecule is CN1CCC(c2cccc(OC(CCN(C)C(=O)OCC[Si](C)(C)C)c3cccs3)c2)CC1. The van der Waals surface area contributed by atoms with E-state index in [1.54, 1.807) is 16.2 Å². The fraction of sp³-hybridized carbons (Fsp3) is 0.577. The average molecular weight is 489 g/mol. The number of thiophene rings is 1. The van der Waals surface area contributed by atoms with Crippen molar-refractivity contribution < 1.29 is 14.3 Å². The number of piperidine rings is 1. The normalized spacial score (nSPS) is 16.4. The van der Waals surface area contributed by atoms with Crippen molar-refractivity contribution in [2.45, 2.75) is 57.0 Å². The largest absolute Gasteiger partial charge is 0.485 e. The van der Waals surface area contributed by atoms with Crippen molar-refractivity contribution >= 4 is 25.5 Å². The minimum absolute atomic E-state index is 0.0880. The Labute approximate surface area is 204 Å². The number of ether oxygens (including phenoxy) is 2. The van der Waals surface area contributed by atoms with E-state index in [9.17, 15) is 4.79 Å². The first-order valence-electron chi connectivity index (χ1n) is 12.1. The molecule has 0 N–H and O–H groups in total. The molecular formula is C26H40N2O3SSi. The number of amides is 1. The summed E-state index contributed by atoms with van der Waals surface area (Å²) in [6.07, 6.45) is 2.77. The first-order chi connectivity index (χ1) is 15.7. The summed E-state index contributed by atoms with van der Waals surface area (Å²) in [6.45, 7) is 10.2. The second-order valence-corrected chi connectivity index (χ2v) is 17.0. The van der Waals surface area contributed by atoms with Crippen LogP contribution in [0.25, 0.3) is 0 Å². The smallest absolute Gasteiger partial charge is 0.409 e. The minimum Gasteiger partial charge on any atom is -0.485 e. The molecule has 1 aliphatic heterocycles. The van der Waals surface area contributed by atoms with Gasteiger partial charge in [-0.3, -0.25) is 0 Å². The molecule has 33 heavy (non-hydrogen) atoms. The molecule has 0 spiro atoms. The summed E-state index contributed by atoms with van der Waals surface area (Å²) in [5.41, 5.74) is 1.37. The maximum Gasteiger partial charge on any atom is 0.409 e. The number of rotatable bonds is 10. The predicted molar refractivity (Wildman–Crippen MR) is 140 cm³/mol. The van der Waals surface area contributed by atoms with Crippen LogP contribution in [0.5, 0.6) is 5.75 Å². The zero-order chi connectivity index (χ0) is 23.8. The molecule has 2 heterocycles. The van der Waals surface area contributed by atoms with E-state index in [1.165, 1.54) is 23.3 Å². The second kappa shape index (κ2) is 12.0. The number of benzene rings is 1. The van der Waals surface area contributed by atoms with Gasteiger partial charge in [0, 0.05) is 33.0 Å². The summed E-state index contributed by atoms with van der Waals surface area (Å²) in [5, 5.41) is 2.08. The number of likely N-dealkylation sites (tertiary alicyclic amines) is 1. The molecule has 182 valence electrons. The van der Waals surface area contributed by atoms with Gasteiger partial charge in [-0.1, -0.05) is 37.8 Å². The van der Waals surface area contributed by atoms with Gasteiger partial charge >= 0.3 is 6.09 Å². The van der Waals surface area contributed by atoms with E-state index in [2.05, 4.69) is 67.3 Å². The first kappa shape index (κ1) is 25.8. The van der Waals surface area contributed by atoms with Gasteiger partial charge in [-0.2, -0.15) is 0 Å². The molecule has 3 rings (SSSR count). The van der Waals surface area contributed by atoms with Crippen molar-refractivity contribution in [1.29, 1.82) is 0 Å². The highest BCUT2D eigenvalue weighted by Gasteiger charge is 2.21. The number of nitrogens with zero attached hydrogens (tertiary/aromatic N) is 2. The van der Waals surface area contributed by atoms with Crippen LogP contribution in [-0.4, -0.2) is 64.3 Å². The van der Waals surface area contributed by atoms with Gasteiger partial charge in [-0.25, -0.2) is 4.79 Å². The van der Waals surface area contributed by atoms with Gasteiger partial charge < -0.3 is 19.3 Å². The van der Waals surface area contributed by atoms with E-state index in [4.69, 9.17) is 9.47 Å². The Morgan fingerprint density at radius 2 is 1.97 bits per heavy atom. The third kappa shape index (κ3) is 8.47. The molecule has 5 nitrogen and oxygen atoms in total. The molecule has 1 fully saturated rings. The highest BCUT2D eigenvalue weighted by atomic mass is 32.1. The Hall–Kier alpha value is -1.83. The van der Waals surface area contributed by atoms with E-state index in [0.29, 0.717) is 19.1 Å². The average Bonchev–Trinajstić information content (AvgIpc) is 3.31. The van der Waals surface area contributed by atoms with Gasteiger partial charge in [0.05, 0.1) is 6.61 Å². The molecule has 1 aromatic heterocycles. The van der Waals surface area contributed by atoms with Crippen molar-refractivity contribution in [3.63, 3.8) is 0 Å². The molecule has 1 unspecified atom stereocenters. The Kier molecular flexibility index (Phi) is 9.41. The Morgan fingerprint density at radius 3 is 2.64 bits per heavy atom. The standard InChI is InChI=1S/C26H40N2O3SSi/c1-27-14-11-21(12-15-27)22-8-6-9-23(20-22)31-24(25-10-7-18-32-25)13-16-28(2)26(29)30-17-19-33(3,4)5/h6-10,18,20-21,24H,11-17,19H2,1-5H3. The number of carbonyl (C=O) groups is 1. The molecule has 0 radical (unpaired) electrons. The lowest BCUT2D eigenvalue weighted by atomic mass is 9.89. The molecule has 1 saturated heterocycles. The summed E-state index contributed by atoms with van der Waals surface area (Å²) in [6, 6.07) is 13.8. The van der Waals surface area contributed by atoms with E-state index in [0.717, 1.165) is 31.3 Å². The third-order valence-electron chi connectivity index (χ3n) is 6.30. The molecule has 7 heteroatoms. The van der Waals surface area contributed by atoms with Crippen LogP contribution in [0.2, 0.25) is 25.7 Å². The van der Waals surface area contributed by atoms with E-state index in [-0.39, 0.29) is 12.2 Å². The van der Waals surface area contributed by atoms with Crippen molar-refractivity contribution in [2.24, 2.45) is 0 Å². The van der Waals surface area contributed by atoms with E-state index >= 15 is 0 Å². The summed E-state index contributed by atoms with van der Waals surface area (Å²) >= 11 is 1.70. The van der Waals surface area contributed by atoms with E-state index < -0.39 is 8.07 Å². The topological polar surface area (TPSA) is 42.0 Å². The van der Waals surface area contributed by atoms with Crippen LogP contribution < -0.4 is 4.74 Å². The van der Waals surface area contributed by atoms with Gasteiger partial charge in [0.1, 0.15) is 11.9 Å². The molecule has 0 aliphatic carbocycles. The fourth-order valence-corrected chi connectivity index (χ4v) is 5.54. The van der Waals surface area contributed by atoms with Crippen molar-refractivity contribution in [3.8, 4) is 5.75 Å². The van der Waals surface area contributed by atoms with Crippen molar-refractivity contribution in [2.75, 3.05) is 40.3 Å². The Morgan fingerprint density at radius 1 is 1.21 bits per heavy atom. The highest BCUT2D eigenvalue weighted by Crippen LogP contribution is 2.33. The molecule has 1 amide bonds. The summed E-state index contributed by atoms with van der Waals surface area (Å²) in [5.74, 6) is 1.51. The highest BCUT2D eigenvalue weighted by molar-refractivity contribution is 7.10. The van der Waals surface area contributed by atoms with Crippen molar-refractivity contribution in [1.82, 2.24) is 9.80 Å². The molecule has 0 bridgehead atoms. The molecule has 1 atom stereocenters. The molecule has 0 saturated carbocycles. The quantitative estimate of drug-likeness (QED) is 0.359. The van der Waals surface area contributed by atoms with Gasteiger partial charge in [-0.05, 0) is 74.1 Å². The first-order valence-corrected chi connectivity index (χ1v) is 16.7. The lowest BCUT2D eigenvalue weighted by Crippen LogP contribution is -2.31. The zero-order valence-corrected chi connectivity index (χ0v) is 22.7. The molecule has 2 aromatic rings. The Bertz CT molecular complexity index is 861. The summed E-state index contributed by atoms with van der Waals surface area (Å²) < 4.78 is 12.0. The van der Waals surface area contributed by atoms with Crippen LogP contribution in [0.15, 0.2) is 41.8 Å². The van der Waals surface area contributed by atoms with Gasteiger partial charge in [-0.15, -0.1) is 11.3 Å². The monoisotopic (exact) mass is 488 g/mol. The maximum atomic E-state index is 12.4. The van der Waals surface area contributed by atoms with Crippen LogP contribution in [0.4, 0.5) is 4.79 Å². The molecule has 1 aliphatic rings. The number of hydrogen-bond donors (Lipinski definition) is 0. The van der Waals surface area contributed by atoms with Crippen LogP contribution in [0.3, 0.4) is 0 Å².